The summed E-state index contributed by atoms with van der Waals surface area (Å²) in [5.74, 6) is -4.89. The van der Waals surface area contributed by atoms with Crippen molar-refractivity contribution >= 4 is 11.8 Å². The van der Waals surface area contributed by atoms with E-state index in [9.17, 15) is 27.6 Å². The molecule has 0 bridgehead atoms. The Morgan fingerprint density at radius 1 is 1.18 bits per heavy atom. The largest absolute Gasteiger partial charge is 0.487 e. The van der Waals surface area contributed by atoms with Crippen LogP contribution >= 0.6 is 0 Å². The van der Waals surface area contributed by atoms with Crippen LogP contribution in [0.2, 0.25) is 0 Å². The number of fused-ring (bicyclic) bond motifs is 3. The summed E-state index contributed by atoms with van der Waals surface area (Å²) >= 11 is 0. The van der Waals surface area contributed by atoms with Gasteiger partial charge in [-0.15, -0.1) is 0 Å². The Kier molecular flexibility index (Phi) is 6.95. The molecule has 34 heavy (non-hydrogen) atoms. The second-order valence-electron chi connectivity index (χ2n) is 8.62. The van der Waals surface area contributed by atoms with E-state index in [4.69, 9.17) is 4.74 Å². The first-order valence-electron chi connectivity index (χ1n) is 11.5. The molecule has 1 aromatic carbocycles. The van der Waals surface area contributed by atoms with E-state index in [1.165, 1.54) is 6.20 Å². The van der Waals surface area contributed by atoms with Crippen LogP contribution in [-0.4, -0.2) is 29.0 Å². The number of carbonyl (C=O) groups is 2. The van der Waals surface area contributed by atoms with Crippen LogP contribution in [0.3, 0.4) is 0 Å². The molecule has 1 saturated carbocycles. The number of amides is 2. The molecule has 2 aromatic rings. The molecule has 2 atom stereocenters. The lowest BCUT2D eigenvalue weighted by atomic mass is 9.87. The summed E-state index contributed by atoms with van der Waals surface area (Å²) in [6.45, 7) is 1.55. The van der Waals surface area contributed by atoms with Crippen LogP contribution in [0.4, 0.5) is 13.2 Å². The highest BCUT2D eigenvalue weighted by molar-refractivity contribution is 5.99. The van der Waals surface area contributed by atoms with E-state index >= 15 is 0 Å². The Balaban J connectivity index is 1.71. The number of hydrogen-bond donors (Lipinski definition) is 2. The van der Waals surface area contributed by atoms with Gasteiger partial charge >= 0.3 is 0 Å². The predicted molar refractivity (Wildman–Crippen MR) is 117 cm³/mol. The average molecular weight is 477 g/mol. The summed E-state index contributed by atoms with van der Waals surface area (Å²) < 4.78 is 48.4. The van der Waals surface area contributed by atoms with Gasteiger partial charge < -0.3 is 19.9 Å². The summed E-state index contributed by atoms with van der Waals surface area (Å²) in [7, 11) is 0. The zero-order chi connectivity index (χ0) is 24.4. The fourth-order valence-electron chi connectivity index (χ4n) is 4.56. The van der Waals surface area contributed by atoms with Gasteiger partial charge in [0.25, 0.3) is 11.8 Å². The Hall–Kier alpha value is -3.30. The van der Waals surface area contributed by atoms with Crippen molar-refractivity contribution < 1.29 is 27.5 Å². The van der Waals surface area contributed by atoms with E-state index in [-0.39, 0.29) is 35.7 Å². The summed E-state index contributed by atoms with van der Waals surface area (Å²) in [5.41, 5.74) is -1.52. The number of ether oxygens (including phenoxy) is 1. The van der Waals surface area contributed by atoms with E-state index in [2.05, 4.69) is 10.6 Å². The first-order valence-corrected chi connectivity index (χ1v) is 11.5. The molecule has 0 radical (unpaired) electrons. The van der Waals surface area contributed by atoms with Gasteiger partial charge in [-0.05, 0) is 19.3 Å². The van der Waals surface area contributed by atoms with Gasteiger partial charge in [-0.2, -0.15) is 0 Å². The molecule has 0 saturated heterocycles. The van der Waals surface area contributed by atoms with E-state index in [1.54, 1.807) is 4.57 Å². The summed E-state index contributed by atoms with van der Waals surface area (Å²) in [5, 5.41) is 5.28. The normalized spacial score (nSPS) is 19.1. The molecule has 2 aliphatic rings. The van der Waals surface area contributed by atoms with Crippen LogP contribution in [-0.2, 0) is 6.54 Å². The third-order valence-electron chi connectivity index (χ3n) is 6.33. The molecule has 1 fully saturated rings. The van der Waals surface area contributed by atoms with Crippen molar-refractivity contribution in [1.82, 2.24) is 15.2 Å². The molecule has 1 aromatic heterocycles. The Morgan fingerprint density at radius 3 is 2.59 bits per heavy atom. The second kappa shape index (κ2) is 9.90. The number of pyridine rings is 1. The van der Waals surface area contributed by atoms with Crippen molar-refractivity contribution in [2.45, 2.75) is 64.1 Å². The number of halogens is 3. The van der Waals surface area contributed by atoms with Gasteiger partial charge in [0, 0.05) is 36.5 Å². The minimum Gasteiger partial charge on any atom is -0.487 e. The summed E-state index contributed by atoms with van der Waals surface area (Å²) in [6.07, 6.45) is 6.19. The fraction of sp³-hybridized carbons (Fsp3) is 0.458. The predicted octanol–water partition coefficient (Wildman–Crippen LogP) is 3.60. The van der Waals surface area contributed by atoms with Crippen LogP contribution < -0.4 is 20.8 Å². The summed E-state index contributed by atoms with van der Waals surface area (Å²) in [6, 6.07) is 0.756. The highest BCUT2D eigenvalue weighted by Gasteiger charge is 2.38. The Bertz CT molecular complexity index is 1160. The maximum atomic E-state index is 14.0. The standard InChI is InChI=1S/C24H26F3N3O4/c1-2-3-8-34-22-20-24(33)29-18-6-4-5-7-19(18)30(20)12-15(21(22)31)23(32)28-11-14-16(26)9-13(25)10-17(14)27/h9-10,12,18-19H,2-8,11H2,1H3,(H,28,32)(H,29,33)/t18-,19-/m0/s1. The number of aromatic nitrogens is 1. The molecular weight excluding hydrogens is 451 g/mol. The molecule has 10 heteroatoms. The van der Waals surface area contributed by atoms with E-state index in [0.29, 0.717) is 18.6 Å². The zero-order valence-corrected chi connectivity index (χ0v) is 18.8. The smallest absolute Gasteiger partial charge is 0.272 e. The number of unbranched alkanes of at least 4 members (excludes halogenated alkanes) is 1. The second-order valence-corrected chi connectivity index (χ2v) is 8.62. The summed E-state index contributed by atoms with van der Waals surface area (Å²) in [4.78, 5) is 39.0. The highest BCUT2D eigenvalue weighted by atomic mass is 19.1. The molecule has 182 valence electrons. The maximum absolute atomic E-state index is 14.0. The van der Waals surface area contributed by atoms with E-state index in [1.807, 2.05) is 6.92 Å². The van der Waals surface area contributed by atoms with Crippen LogP contribution in [0.1, 0.15) is 77.9 Å². The Labute approximate surface area is 194 Å². The quantitative estimate of drug-likeness (QED) is 0.597. The number of nitrogens with one attached hydrogen (secondary N) is 2. The SMILES string of the molecule is CCCCOc1c2n(cc(C(=O)NCc3c(F)cc(F)cc3F)c1=O)[C@H]1CCCC[C@@H]1NC2=O. The molecule has 4 rings (SSSR count). The number of nitrogens with zero attached hydrogens (tertiary/aromatic N) is 1. The lowest BCUT2D eigenvalue weighted by Gasteiger charge is -2.39. The maximum Gasteiger partial charge on any atom is 0.272 e. The fourth-order valence-corrected chi connectivity index (χ4v) is 4.56. The third kappa shape index (κ3) is 4.53. The molecule has 2 amide bonds. The van der Waals surface area contributed by atoms with Gasteiger partial charge in [0.05, 0.1) is 12.6 Å². The van der Waals surface area contributed by atoms with Crippen molar-refractivity contribution in [3.05, 3.63) is 62.8 Å². The number of hydrogen-bond acceptors (Lipinski definition) is 4. The monoisotopic (exact) mass is 477 g/mol. The third-order valence-corrected chi connectivity index (χ3v) is 6.33. The van der Waals surface area contributed by atoms with Crippen LogP contribution in [0, 0.1) is 17.5 Å². The number of carbonyl (C=O) groups excluding carboxylic acids is 2. The van der Waals surface area contributed by atoms with Gasteiger partial charge in [0.1, 0.15) is 23.0 Å². The van der Waals surface area contributed by atoms with Gasteiger partial charge in [-0.3, -0.25) is 14.4 Å². The molecule has 1 aliphatic heterocycles. The lowest BCUT2D eigenvalue weighted by molar-refractivity contribution is 0.0835. The first-order chi connectivity index (χ1) is 16.3. The van der Waals surface area contributed by atoms with Crippen LogP contribution in [0.15, 0.2) is 23.1 Å². The van der Waals surface area contributed by atoms with Crippen molar-refractivity contribution in [1.29, 1.82) is 0 Å². The van der Waals surface area contributed by atoms with Gasteiger partial charge in [-0.25, -0.2) is 13.2 Å². The lowest BCUT2D eigenvalue weighted by Crippen LogP contribution is -2.50. The number of benzene rings is 1. The molecule has 1 aliphatic carbocycles. The van der Waals surface area contributed by atoms with Gasteiger partial charge in [0.15, 0.2) is 11.4 Å². The van der Waals surface area contributed by atoms with Crippen LogP contribution in [0.25, 0.3) is 0 Å². The van der Waals surface area contributed by atoms with E-state index < -0.39 is 46.8 Å². The highest BCUT2D eigenvalue weighted by Crippen LogP contribution is 2.35. The minimum absolute atomic E-state index is 0.0800. The molecule has 2 heterocycles. The molecule has 2 N–H and O–H groups in total. The molecule has 7 nitrogen and oxygen atoms in total. The van der Waals surface area contributed by atoms with E-state index in [0.717, 1.165) is 32.1 Å². The zero-order valence-electron chi connectivity index (χ0n) is 18.8. The van der Waals surface area contributed by atoms with Gasteiger partial charge in [0.2, 0.25) is 5.43 Å². The van der Waals surface area contributed by atoms with Crippen molar-refractivity contribution in [3.8, 4) is 5.75 Å². The first kappa shape index (κ1) is 23.8. The molecule has 0 spiro atoms. The van der Waals surface area contributed by atoms with Crippen molar-refractivity contribution in [2.24, 2.45) is 0 Å². The Morgan fingerprint density at radius 2 is 1.88 bits per heavy atom. The minimum atomic E-state index is -1.15. The van der Waals surface area contributed by atoms with Crippen molar-refractivity contribution in [3.63, 3.8) is 0 Å². The van der Waals surface area contributed by atoms with Crippen molar-refractivity contribution in [2.75, 3.05) is 6.61 Å². The van der Waals surface area contributed by atoms with Crippen LogP contribution in [0.5, 0.6) is 5.75 Å². The molecular formula is C24H26F3N3O4. The molecule has 0 unspecified atom stereocenters. The topological polar surface area (TPSA) is 89.4 Å². The average Bonchev–Trinajstić information content (AvgIpc) is 2.79. The van der Waals surface area contributed by atoms with Gasteiger partial charge in [-0.1, -0.05) is 26.2 Å². The number of rotatable bonds is 7.